The van der Waals surface area contributed by atoms with Gasteiger partial charge in [0.05, 0.1) is 22.4 Å². The Morgan fingerprint density at radius 1 is 1.17 bits per heavy atom. The van der Waals surface area contributed by atoms with Crippen LogP contribution in [-0.4, -0.2) is 34.3 Å². The number of hydrogen-bond donors (Lipinski definition) is 2. The lowest BCUT2D eigenvalue weighted by atomic mass is 9.90. The molecule has 0 aliphatic heterocycles. The van der Waals surface area contributed by atoms with Crippen LogP contribution in [0.15, 0.2) is 24.4 Å². The predicted molar refractivity (Wildman–Crippen MR) is 127 cm³/mol. The second-order valence-corrected chi connectivity index (χ2v) is 10.7. The number of hydrogen-bond acceptors (Lipinski definition) is 5. The molecule has 0 radical (unpaired) electrons. The molecule has 2 rings (SSSR count). The van der Waals surface area contributed by atoms with Crippen LogP contribution in [0.5, 0.6) is 0 Å². The molecular formula is C24H40N2O3S. The third kappa shape index (κ3) is 7.49. The van der Waals surface area contributed by atoms with Gasteiger partial charge in [0.15, 0.2) is 0 Å². The standard InChI is InChI=1S/C17H22N2OS.C7H16O2.H2/c1-11-6-7-13(12(2)8-11)9-18-15(20)14-10-19-16(21-14)17(3,4)5;1-6(2,8)7(3,4)9-5;/h6-8,10H,9H2,1-5H3,(H,18,20);8H,1-5H3;1H. The minimum Gasteiger partial charge on any atom is -0.387 e. The first-order valence-electron chi connectivity index (χ1n) is 10.2. The van der Waals surface area contributed by atoms with Crippen molar-refractivity contribution in [2.75, 3.05) is 7.11 Å². The van der Waals surface area contributed by atoms with Crippen LogP contribution in [0.2, 0.25) is 0 Å². The van der Waals surface area contributed by atoms with E-state index in [2.05, 4.69) is 63.1 Å². The summed E-state index contributed by atoms with van der Waals surface area (Å²) >= 11 is 1.47. The van der Waals surface area contributed by atoms with Crippen molar-refractivity contribution in [2.45, 2.75) is 85.5 Å². The zero-order valence-corrected chi connectivity index (χ0v) is 21.0. The smallest absolute Gasteiger partial charge is 0.263 e. The number of aryl methyl sites for hydroxylation is 2. The maximum atomic E-state index is 12.2. The molecule has 1 aromatic heterocycles. The van der Waals surface area contributed by atoms with Crippen LogP contribution in [-0.2, 0) is 16.7 Å². The predicted octanol–water partition coefficient (Wildman–Crippen LogP) is 5.42. The highest BCUT2D eigenvalue weighted by atomic mass is 32.1. The molecule has 0 unspecified atom stereocenters. The third-order valence-corrected chi connectivity index (χ3v) is 6.71. The molecule has 2 aromatic rings. The van der Waals surface area contributed by atoms with Gasteiger partial charge in [-0.25, -0.2) is 4.98 Å². The lowest BCUT2D eigenvalue weighted by Crippen LogP contribution is -2.46. The average Bonchev–Trinajstić information content (AvgIpc) is 3.11. The van der Waals surface area contributed by atoms with Gasteiger partial charge in [-0.15, -0.1) is 11.3 Å². The summed E-state index contributed by atoms with van der Waals surface area (Å²) in [6.07, 6.45) is 1.67. The van der Waals surface area contributed by atoms with Crippen LogP contribution < -0.4 is 5.32 Å². The van der Waals surface area contributed by atoms with E-state index in [9.17, 15) is 9.90 Å². The first kappa shape index (κ1) is 26.3. The molecule has 0 saturated heterocycles. The van der Waals surface area contributed by atoms with Crippen molar-refractivity contribution >= 4 is 17.2 Å². The first-order valence-corrected chi connectivity index (χ1v) is 11.0. The maximum absolute atomic E-state index is 12.2. The topological polar surface area (TPSA) is 71.5 Å². The number of rotatable bonds is 5. The molecule has 6 heteroatoms. The fourth-order valence-corrected chi connectivity index (χ4v) is 3.17. The van der Waals surface area contributed by atoms with Gasteiger partial charge in [-0.3, -0.25) is 4.79 Å². The number of benzene rings is 1. The summed E-state index contributed by atoms with van der Waals surface area (Å²) < 4.78 is 5.05. The molecule has 0 aliphatic carbocycles. The van der Waals surface area contributed by atoms with Crippen molar-refractivity contribution < 1.29 is 16.1 Å². The Morgan fingerprint density at radius 2 is 1.77 bits per heavy atom. The van der Waals surface area contributed by atoms with E-state index in [4.69, 9.17) is 4.74 Å². The van der Waals surface area contributed by atoms with Crippen LogP contribution in [0.3, 0.4) is 0 Å². The fourth-order valence-electron chi connectivity index (χ4n) is 2.28. The zero-order valence-electron chi connectivity index (χ0n) is 20.1. The molecule has 0 fully saturated rings. The number of amides is 1. The van der Waals surface area contributed by atoms with E-state index in [1.807, 2.05) is 13.8 Å². The normalized spacial score (nSPS) is 12.2. The molecular weight excluding hydrogens is 396 g/mol. The van der Waals surface area contributed by atoms with Crippen molar-refractivity contribution in [3.63, 3.8) is 0 Å². The highest BCUT2D eigenvalue weighted by molar-refractivity contribution is 7.13. The summed E-state index contributed by atoms with van der Waals surface area (Å²) in [6.45, 7) is 18.2. The van der Waals surface area contributed by atoms with Gasteiger partial charge in [0.1, 0.15) is 4.88 Å². The van der Waals surface area contributed by atoms with E-state index in [1.54, 1.807) is 27.2 Å². The van der Waals surface area contributed by atoms with Gasteiger partial charge in [-0.2, -0.15) is 0 Å². The van der Waals surface area contributed by atoms with Crippen LogP contribution in [0.1, 0.15) is 81.3 Å². The molecule has 1 aromatic carbocycles. The molecule has 170 valence electrons. The Labute approximate surface area is 187 Å². The van der Waals surface area contributed by atoms with Crippen molar-refractivity contribution in [3.05, 3.63) is 51.0 Å². The molecule has 0 saturated carbocycles. The fraction of sp³-hybridized carbons (Fsp3) is 0.583. The van der Waals surface area contributed by atoms with Gasteiger partial charge >= 0.3 is 0 Å². The third-order valence-electron chi connectivity index (χ3n) is 5.29. The largest absolute Gasteiger partial charge is 0.387 e. The minimum atomic E-state index is -0.776. The molecule has 30 heavy (non-hydrogen) atoms. The van der Waals surface area contributed by atoms with Crippen molar-refractivity contribution in [3.8, 4) is 0 Å². The highest BCUT2D eigenvalue weighted by Crippen LogP contribution is 2.26. The van der Waals surface area contributed by atoms with Crippen LogP contribution in [0.25, 0.3) is 0 Å². The van der Waals surface area contributed by atoms with Crippen LogP contribution >= 0.6 is 11.3 Å². The van der Waals surface area contributed by atoms with E-state index < -0.39 is 11.2 Å². The Hall–Kier alpha value is -1.76. The molecule has 1 amide bonds. The quantitative estimate of drug-likeness (QED) is 0.657. The van der Waals surface area contributed by atoms with E-state index in [0.717, 1.165) is 10.6 Å². The number of nitrogens with zero attached hydrogens (tertiary/aromatic N) is 1. The second-order valence-electron chi connectivity index (χ2n) is 9.67. The number of nitrogens with one attached hydrogen (secondary N) is 1. The molecule has 0 atom stereocenters. The van der Waals surface area contributed by atoms with E-state index in [-0.39, 0.29) is 12.7 Å². The summed E-state index contributed by atoms with van der Waals surface area (Å²) in [4.78, 5) is 17.2. The van der Waals surface area contributed by atoms with Gasteiger partial charge < -0.3 is 15.2 Å². The average molecular weight is 437 g/mol. The lowest BCUT2D eigenvalue weighted by molar-refractivity contribution is -0.129. The van der Waals surface area contributed by atoms with Gasteiger partial charge in [0, 0.05) is 20.5 Å². The monoisotopic (exact) mass is 436 g/mol. The van der Waals surface area contributed by atoms with Crippen LogP contribution in [0, 0.1) is 13.8 Å². The van der Waals surface area contributed by atoms with Gasteiger partial charge in [-0.05, 0) is 52.7 Å². The first-order chi connectivity index (χ1) is 13.6. The van der Waals surface area contributed by atoms with Crippen LogP contribution in [0.4, 0.5) is 0 Å². The number of aromatic nitrogens is 1. The van der Waals surface area contributed by atoms with Crippen molar-refractivity contribution in [1.82, 2.24) is 10.3 Å². The second kappa shape index (κ2) is 10.0. The Balaban J connectivity index is 0.000000769. The van der Waals surface area contributed by atoms with Gasteiger partial charge in [0.25, 0.3) is 5.91 Å². The van der Waals surface area contributed by atoms with Crippen molar-refractivity contribution in [2.24, 2.45) is 0 Å². The van der Waals surface area contributed by atoms with Gasteiger partial charge in [0.2, 0.25) is 0 Å². The SMILES string of the molecule is COC(C)(C)C(C)(C)O.Cc1ccc(CNC(=O)c2cnc(C(C)(C)C)s2)c(C)c1.[HH]. The molecule has 2 N–H and O–H groups in total. The highest BCUT2D eigenvalue weighted by Gasteiger charge is 2.34. The minimum absolute atomic E-state index is 0. The summed E-state index contributed by atoms with van der Waals surface area (Å²) in [5, 5.41) is 13.4. The van der Waals surface area contributed by atoms with E-state index >= 15 is 0 Å². The lowest BCUT2D eigenvalue weighted by Gasteiger charge is -2.35. The summed E-state index contributed by atoms with van der Waals surface area (Å²) in [7, 11) is 1.60. The molecule has 0 aliphatic rings. The zero-order chi connectivity index (χ0) is 23.3. The Bertz CT molecular complexity index is 849. The number of carbonyl (C=O) groups is 1. The Kier molecular flexibility index (Phi) is 8.79. The summed E-state index contributed by atoms with van der Waals surface area (Å²) in [6, 6.07) is 6.27. The number of methoxy groups -OCH3 is 1. The van der Waals surface area contributed by atoms with E-state index in [1.165, 1.54) is 22.5 Å². The number of ether oxygens (including phenoxy) is 1. The number of aliphatic hydroxyl groups is 1. The molecule has 5 nitrogen and oxygen atoms in total. The van der Waals surface area contributed by atoms with Crippen molar-refractivity contribution in [1.29, 1.82) is 0 Å². The molecule has 0 spiro atoms. The summed E-state index contributed by atoms with van der Waals surface area (Å²) in [5.74, 6) is -0.0528. The van der Waals surface area contributed by atoms with E-state index in [0.29, 0.717) is 11.4 Å². The molecule has 0 bridgehead atoms. The number of thiazole rings is 1. The number of carbonyl (C=O) groups excluding carboxylic acids is 1. The Morgan fingerprint density at radius 3 is 2.17 bits per heavy atom. The maximum Gasteiger partial charge on any atom is 0.263 e. The molecule has 1 heterocycles. The van der Waals surface area contributed by atoms with Gasteiger partial charge in [-0.1, -0.05) is 44.5 Å². The summed E-state index contributed by atoms with van der Waals surface area (Å²) in [5.41, 5.74) is 2.33.